The Morgan fingerprint density at radius 1 is 1.22 bits per heavy atom. The number of ether oxygens (including phenoxy) is 1. The van der Waals surface area contributed by atoms with Crippen LogP contribution in [0, 0.1) is 26.2 Å². The van der Waals surface area contributed by atoms with Gasteiger partial charge in [-0.05, 0) is 44.4 Å². The zero-order valence-electron chi connectivity index (χ0n) is 12.3. The van der Waals surface area contributed by atoms with Crippen molar-refractivity contribution in [1.29, 1.82) is 0 Å². The molecule has 1 fully saturated rings. The summed E-state index contributed by atoms with van der Waals surface area (Å²) >= 11 is 0. The molecule has 2 heteroatoms. The summed E-state index contributed by atoms with van der Waals surface area (Å²) in [7, 11) is 0. The van der Waals surface area contributed by atoms with Crippen LogP contribution in [0.1, 0.15) is 42.1 Å². The molecule has 2 nitrogen and oxygen atoms in total. The Balaban J connectivity index is 2.06. The van der Waals surface area contributed by atoms with Gasteiger partial charge < -0.3 is 10.1 Å². The Bertz CT molecular complexity index is 412. The van der Waals surface area contributed by atoms with Gasteiger partial charge in [0.2, 0.25) is 0 Å². The molecule has 1 atom stereocenters. The first kappa shape index (κ1) is 13.6. The van der Waals surface area contributed by atoms with E-state index in [1.807, 2.05) is 0 Å². The first-order chi connectivity index (χ1) is 8.41. The summed E-state index contributed by atoms with van der Waals surface area (Å²) in [6.07, 6.45) is 0. The number of benzene rings is 1. The average Bonchev–Trinajstić information content (AvgIpc) is 2.22. The normalized spacial score (nSPS) is 19.4. The van der Waals surface area contributed by atoms with Crippen molar-refractivity contribution in [2.45, 2.75) is 40.7 Å². The van der Waals surface area contributed by atoms with E-state index in [2.05, 4.69) is 52.1 Å². The van der Waals surface area contributed by atoms with Gasteiger partial charge in [0.1, 0.15) is 0 Å². The molecule has 1 aliphatic rings. The lowest BCUT2D eigenvalue weighted by Crippen LogP contribution is -2.47. The van der Waals surface area contributed by atoms with Crippen LogP contribution in [0.2, 0.25) is 0 Å². The van der Waals surface area contributed by atoms with Gasteiger partial charge in [0, 0.05) is 18.0 Å². The van der Waals surface area contributed by atoms with E-state index in [4.69, 9.17) is 4.74 Å². The van der Waals surface area contributed by atoms with Gasteiger partial charge in [-0.15, -0.1) is 0 Å². The molecule has 0 bridgehead atoms. The van der Waals surface area contributed by atoms with Gasteiger partial charge in [0.15, 0.2) is 0 Å². The van der Waals surface area contributed by atoms with Crippen LogP contribution in [0.5, 0.6) is 0 Å². The van der Waals surface area contributed by atoms with E-state index in [0.717, 1.165) is 19.8 Å². The number of hydrogen-bond donors (Lipinski definition) is 1. The summed E-state index contributed by atoms with van der Waals surface area (Å²) in [6.45, 7) is 13.9. The van der Waals surface area contributed by atoms with E-state index in [1.165, 1.54) is 22.3 Å². The number of rotatable bonds is 4. The third kappa shape index (κ3) is 2.76. The highest BCUT2D eigenvalue weighted by atomic mass is 16.5. The molecule has 100 valence electrons. The maximum absolute atomic E-state index is 5.30. The zero-order chi connectivity index (χ0) is 13.3. The Labute approximate surface area is 111 Å². The maximum atomic E-state index is 5.30. The van der Waals surface area contributed by atoms with Gasteiger partial charge in [-0.25, -0.2) is 0 Å². The summed E-state index contributed by atoms with van der Waals surface area (Å²) in [4.78, 5) is 0. The SMILES string of the molecule is Cc1cc(C)c(C(C)NCC2(C)COC2)c(C)c1. The molecule has 18 heavy (non-hydrogen) atoms. The second kappa shape index (κ2) is 5.02. The molecule has 1 aliphatic heterocycles. The molecular weight excluding hydrogens is 222 g/mol. The van der Waals surface area contributed by atoms with Crippen molar-refractivity contribution < 1.29 is 4.74 Å². The topological polar surface area (TPSA) is 21.3 Å². The molecule has 1 aromatic rings. The van der Waals surface area contributed by atoms with E-state index in [-0.39, 0.29) is 0 Å². The molecule has 2 rings (SSSR count). The van der Waals surface area contributed by atoms with Gasteiger partial charge >= 0.3 is 0 Å². The average molecular weight is 247 g/mol. The molecule has 0 aromatic heterocycles. The molecule has 0 radical (unpaired) electrons. The zero-order valence-corrected chi connectivity index (χ0v) is 12.3. The Hall–Kier alpha value is -0.860. The van der Waals surface area contributed by atoms with Crippen molar-refractivity contribution in [1.82, 2.24) is 5.32 Å². The first-order valence-electron chi connectivity index (χ1n) is 6.80. The van der Waals surface area contributed by atoms with E-state index >= 15 is 0 Å². The van der Waals surface area contributed by atoms with Crippen molar-refractivity contribution in [3.05, 3.63) is 34.4 Å². The minimum Gasteiger partial charge on any atom is -0.380 e. The van der Waals surface area contributed by atoms with Crippen LogP contribution in [0.4, 0.5) is 0 Å². The summed E-state index contributed by atoms with van der Waals surface area (Å²) in [5.74, 6) is 0. The molecule has 1 unspecified atom stereocenters. The van der Waals surface area contributed by atoms with Crippen LogP contribution in [-0.2, 0) is 4.74 Å². The van der Waals surface area contributed by atoms with Crippen molar-refractivity contribution in [2.75, 3.05) is 19.8 Å². The van der Waals surface area contributed by atoms with Gasteiger partial charge in [-0.1, -0.05) is 24.6 Å². The third-order valence-electron chi connectivity index (χ3n) is 3.91. The quantitative estimate of drug-likeness (QED) is 0.881. The molecule has 1 heterocycles. The third-order valence-corrected chi connectivity index (χ3v) is 3.91. The molecule has 0 amide bonds. The first-order valence-corrected chi connectivity index (χ1v) is 6.80. The fourth-order valence-electron chi connectivity index (χ4n) is 2.93. The van der Waals surface area contributed by atoms with Crippen LogP contribution in [-0.4, -0.2) is 19.8 Å². The second-order valence-electron chi connectivity index (χ2n) is 6.22. The highest BCUT2D eigenvalue weighted by molar-refractivity contribution is 5.39. The van der Waals surface area contributed by atoms with Crippen LogP contribution >= 0.6 is 0 Å². The summed E-state index contributed by atoms with van der Waals surface area (Å²) in [6, 6.07) is 4.95. The summed E-state index contributed by atoms with van der Waals surface area (Å²) in [5, 5.41) is 3.66. The summed E-state index contributed by atoms with van der Waals surface area (Å²) in [5.41, 5.74) is 5.91. The molecule has 1 N–H and O–H groups in total. The Morgan fingerprint density at radius 3 is 2.22 bits per heavy atom. The van der Waals surface area contributed by atoms with Gasteiger partial charge in [-0.3, -0.25) is 0 Å². The Kier molecular flexibility index (Phi) is 3.79. The largest absolute Gasteiger partial charge is 0.380 e. The van der Waals surface area contributed by atoms with Crippen LogP contribution < -0.4 is 5.32 Å². The lowest BCUT2D eigenvalue weighted by Gasteiger charge is -2.39. The molecule has 0 aliphatic carbocycles. The number of nitrogens with one attached hydrogen (secondary N) is 1. The second-order valence-corrected chi connectivity index (χ2v) is 6.22. The predicted molar refractivity (Wildman–Crippen MR) is 76.0 cm³/mol. The highest BCUT2D eigenvalue weighted by Gasteiger charge is 2.33. The molecule has 0 saturated carbocycles. The smallest absolute Gasteiger partial charge is 0.0554 e. The van der Waals surface area contributed by atoms with Gasteiger partial charge in [-0.2, -0.15) is 0 Å². The summed E-state index contributed by atoms with van der Waals surface area (Å²) < 4.78 is 5.30. The Morgan fingerprint density at radius 2 is 1.78 bits per heavy atom. The predicted octanol–water partition coefficient (Wildman–Crippen LogP) is 3.30. The molecule has 1 saturated heterocycles. The number of aryl methyl sites for hydroxylation is 3. The van der Waals surface area contributed by atoms with Crippen LogP contribution in [0.15, 0.2) is 12.1 Å². The fraction of sp³-hybridized carbons (Fsp3) is 0.625. The van der Waals surface area contributed by atoms with E-state index in [9.17, 15) is 0 Å². The molecular formula is C16H25NO. The monoisotopic (exact) mass is 247 g/mol. The van der Waals surface area contributed by atoms with Gasteiger partial charge in [0.05, 0.1) is 13.2 Å². The van der Waals surface area contributed by atoms with E-state index in [1.54, 1.807) is 0 Å². The molecule has 1 aromatic carbocycles. The van der Waals surface area contributed by atoms with Crippen LogP contribution in [0.3, 0.4) is 0 Å². The maximum Gasteiger partial charge on any atom is 0.0554 e. The van der Waals surface area contributed by atoms with Gasteiger partial charge in [0.25, 0.3) is 0 Å². The lowest BCUT2D eigenvalue weighted by atomic mass is 9.87. The molecule has 0 spiro atoms. The van der Waals surface area contributed by atoms with Crippen molar-refractivity contribution in [3.63, 3.8) is 0 Å². The lowest BCUT2D eigenvalue weighted by molar-refractivity contribution is -0.0999. The standard InChI is InChI=1S/C16H25NO/c1-11-6-12(2)15(13(3)7-11)14(4)17-8-16(5)9-18-10-16/h6-7,14,17H,8-10H2,1-5H3. The minimum atomic E-state index is 0.334. The minimum absolute atomic E-state index is 0.334. The van der Waals surface area contributed by atoms with Crippen LogP contribution in [0.25, 0.3) is 0 Å². The highest BCUT2D eigenvalue weighted by Crippen LogP contribution is 2.28. The van der Waals surface area contributed by atoms with Crippen molar-refractivity contribution in [3.8, 4) is 0 Å². The fourth-order valence-corrected chi connectivity index (χ4v) is 2.93. The van der Waals surface area contributed by atoms with E-state index in [0.29, 0.717) is 11.5 Å². The van der Waals surface area contributed by atoms with Crippen molar-refractivity contribution in [2.24, 2.45) is 5.41 Å². The van der Waals surface area contributed by atoms with E-state index < -0.39 is 0 Å². The van der Waals surface area contributed by atoms with Crippen molar-refractivity contribution >= 4 is 0 Å². The number of hydrogen-bond acceptors (Lipinski definition) is 2.